The summed E-state index contributed by atoms with van der Waals surface area (Å²) in [5.41, 5.74) is 0.709. The van der Waals surface area contributed by atoms with E-state index in [1.807, 2.05) is 0 Å². The normalized spacial score (nSPS) is 19.9. The lowest BCUT2D eigenvalue weighted by Crippen LogP contribution is -2.32. The molecular weight excluding hydrogens is 404 g/mol. The second kappa shape index (κ2) is 13.4. The van der Waals surface area contributed by atoms with E-state index in [4.69, 9.17) is 23.7 Å². The van der Waals surface area contributed by atoms with Crippen LogP contribution < -0.4 is 10.1 Å². The fourth-order valence-corrected chi connectivity index (χ4v) is 3.41. The molecule has 3 rings (SSSR count). The summed E-state index contributed by atoms with van der Waals surface area (Å²) < 4.78 is 28.0. The Balaban J connectivity index is 1.38. The van der Waals surface area contributed by atoms with Gasteiger partial charge in [0.25, 0.3) is 11.8 Å². The zero-order chi connectivity index (χ0) is 21.7. The maximum absolute atomic E-state index is 12.0. The molecule has 2 aliphatic heterocycles. The van der Waals surface area contributed by atoms with Crippen molar-refractivity contribution in [2.45, 2.75) is 12.8 Å². The third kappa shape index (κ3) is 7.86. The van der Waals surface area contributed by atoms with Crippen LogP contribution >= 0.6 is 0 Å². The Kier molecular flexibility index (Phi) is 10.2. The number of benzene rings is 1. The molecule has 2 aliphatic rings. The Bertz CT molecular complexity index is 697. The standard InChI is InChI=1S/C22H32N2O7/c25-21-18-4-3-5-19(20(18)22(26)23-21)31-9-2-1-6-24-7-10-27-12-14-29-16-17-30-15-13-28-11-8-24/h3-5H,1-2,6-17H2,(H,23,25,26). The van der Waals surface area contributed by atoms with Gasteiger partial charge >= 0.3 is 0 Å². The Morgan fingerprint density at radius 3 is 2.06 bits per heavy atom. The van der Waals surface area contributed by atoms with E-state index in [0.717, 1.165) is 32.5 Å². The minimum Gasteiger partial charge on any atom is -0.493 e. The first-order valence-electron chi connectivity index (χ1n) is 10.9. The Morgan fingerprint density at radius 2 is 1.42 bits per heavy atom. The fourth-order valence-electron chi connectivity index (χ4n) is 3.41. The van der Waals surface area contributed by atoms with Gasteiger partial charge in [-0.2, -0.15) is 0 Å². The number of unbranched alkanes of at least 4 members (excludes halogenated alkanes) is 1. The van der Waals surface area contributed by atoms with Crippen molar-refractivity contribution in [1.29, 1.82) is 0 Å². The molecule has 2 amide bonds. The smallest absolute Gasteiger partial charge is 0.262 e. The van der Waals surface area contributed by atoms with Crippen molar-refractivity contribution < 1.29 is 33.3 Å². The van der Waals surface area contributed by atoms with Crippen molar-refractivity contribution in [2.24, 2.45) is 0 Å². The molecule has 1 saturated heterocycles. The molecule has 2 heterocycles. The van der Waals surface area contributed by atoms with Gasteiger partial charge < -0.3 is 23.7 Å². The van der Waals surface area contributed by atoms with E-state index in [0.29, 0.717) is 76.3 Å². The second-order valence-electron chi connectivity index (χ2n) is 7.31. The van der Waals surface area contributed by atoms with Crippen LogP contribution in [0.1, 0.15) is 33.6 Å². The summed E-state index contributed by atoms with van der Waals surface area (Å²) >= 11 is 0. The first-order chi connectivity index (χ1) is 15.3. The number of rotatable bonds is 6. The highest BCUT2D eigenvalue weighted by atomic mass is 16.6. The topological polar surface area (TPSA) is 95.6 Å². The van der Waals surface area contributed by atoms with Gasteiger partial charge in [-0.15, -0.1) is 0 Å². The predicted molar refractivity (Wildman–Crippen MR) is 113 cm³/mol. The Morgan fingerprint density at radius 1 is 0.806 bits per heavy atom. The van der Waals surface area contributed by atoms with Crippen LogP contribution in [-0.2, 0) is 18.9 Å². The fraction of sp³-hybridized carbons (Fsp3) is 0.636. The van der Waals surface area contributed by atoms with E-state index >= 15 is 0 Å². The van der Waals surface area contributed by atoms with Gasteiger partial charge in [-0.25, -0.2) is 0 Å². The number of fused-ring (bicyclic) bond motifs is 1. The molecule has 1 aromatic rings. The molecule has 1 aromatic carbocycles. The summed E-state index contributed by atoms with van der Waals surface area (Å²) in [6, 6.07) is 5.08. The van der Waals surface area contributed by atoms with Gasteiger partial charge in [0.15, 0.2) is 0 Å². The summed E-state index contributed by atoms with van der Waals surface area (Å²) in [5, 5.41) is 2.30. The number of nitrogens with one attached hydrogen (secondary N) is 1. The first-order valence-corrected chi connectivity index (χ1v) is 10.9. The maximum atomic E-state index is 12.0. The van der Waals surface area contributed by atoms with Crippen LogP contribution in [0.2, 0.25) is 0 Å². The van der Waals surface area contributed by atoms with E-state index in [1.165, 1.54) is 0 Å². The third-order valence-electron chi connectivity index (χ3n) is 5.07. The van der Waals surface area contributed by atoms with Crippen molar-refractivity contribution >= 4 is 11.8 Å². The lowest BCUT2D eigenvalue weighted by atomic mass is 10.1. The highest BCUT2D eigenvalue weighted by molar-refractivity contribution is 6.22. The van der Waals surface area contributed by atoms with Gasteiger partial charge in [0.05, 0.1) is 70.6 Å². The largest absolute Gasteiger partial charge is 0.493 e. The van der Waals surface area contributed by atoms with Crippen LogP contribution in [-0.4, -0.2) is 95.8 Å². The van der Waals surface area contributed by atoms with Crippen molar-refractivity contribution in [3.05, 3.63) is 29.3 Å². The number of ether oxygens (including phenoxy) is 5. The van der Waals surface area contributed by atoms with Gasteiger partial charge in [-0.05, 0) is 31.5 Å². The van der Waals surface area contributed by atoms with Gasteiger partial charge in [-0.3, -0.25) is 19.8 Å². The highest BCUT2D eigenvalue weighted by Gasteiger charge is 2.29. The average molecular weight is 437 g/mol. The number of imide groups is 1. The molecule has 0 aliphatic carbocycles. The van der Waals surface area contributed by atoms with Crippen LogP contribution in [0, 0.1) is 0 Å². The van der Waals surface area contributed by atoms with E-state index in [-0.39, 0.29) is 5.91 Å². The minimum absolute atomic E-state index is 0.334. The summed E-state index contributed by atoms with van der Waals surface area (Å²) in [4.78, 5) is 26.0. The molecule has 0 saturated carbocycles. The van der Waals surface area contributed by atoms with Crippen molar-refractivity contribution in [3.8, 4) is 5.75 Å². The molecule has 1 N–H and O–H groups in total. The van der Waals surface area contributed by atoms with Crippen molar-refractivity contribution in [3.63, 3.8) is 0 Å². The number of hydrogen-bond donors (Lipinski definition) is 1. The van der Waals surface area contributed by atoms with E-state index in [2.05, 4.69) is 10.2 Å². The van der Waals surface area contributed by atoms with E-state index in [1.54, 1.807) is 18.2 Å². The van der Waals surface area contributed by atoms with Crippen LogP contribution in [0.25, 0.3) is 0 Å². The van der Waals surface area contributed by atoms with Crippen molar-refractivity contribution in [1.82, 2.24) is 10.2 Å². The molecule has 0 bridgehead atoms. The van der Waals surface area contributed by atoms with Gasteiger partial charge in [0.1, 0.15) is 5.75 Å². The molecule has 1 fully saturated rings. The summed E-state index contributed by atoms with van der Waals surface area (Å²) in [5.74, 6) is -0.306. The molecule has 0 atom stereocenters. The highest BCUT2D eigenvalue weighted by Crippen LogP contribution is 2.26. The second-order valence-corrected chi connectivity index (χ2v) is 7.31. The number of carbonyl (C=O) groups is 2. The lowest BCUT2D eigenvalue weighted by Gasteiger charge is -2.22. The van der Waals surface area contributed by atoms with Gasteiger partial charge in [0.2, 0.25) is 0 Å². The van der Waals surface area contributed by atoms with Crippen LogP contribution in [0.3, 0.4) is 0 Å². The summed E-state index contributed by atoms with van der Waals surface area (Å²) in [7, 11) is 0. The maximum Gasteiger partial charge on any atom is 0.262 e. The quantitative estimate of drug-likeness (QED) is 0.524. The first kappa shape index (κ1) is 23.6. The van der Waals surface area contributed by atoms with Crippen molar-refractivity contribution in [2.75, 3.05) is 79.1 Å². The van der Waals surface area contributed by atoms with Gasteiger partial charge in [-0.1, -0.05) is 6.07 Å². The number of nitrogens with zero attached hydrogens (tertiary/aromatic N) is 1. The van der Waals surface area contributed by atoms with Crippen LogP contribution in [0.5, 0.6) is 5.75 Å². The Labute approximate surface area is 182 Å². The van der Waals surface area contributed by atoms with E-state index in [9.17, 15) is 9.59 Å². The molecule has 9 heteroatoms. The molecule has 0 unspecified atom stereocenters. The number of carbonyl (C=O) groups excluding carboxylic acids is 2. The molecule has 0 aromatic heterocycles. The molecule has 0 spiro atoms. The molecule has 0 radical (unpaired) electrons. The monoisotopic (exact) mass is 436 g/mol. The van der Waals surface area contributed by atoms with Gasteiger partial charge in [0, 0.05) is 13.1 Å². The molecule has 9 nitrogen and oxygen atoms in total. The SMILES string of the molecule is O=C1NC(=O)c2c(OCCCCN3CCOCCOCCOCCOCC3)cccc21. The summed E-state index contributed by atoms with van der Waals surface area (Å²) in [6.45, 7) is 7.78. The zero-order valence-electron chi connectivity index (χ0n) is 17.9. The third-order valence-corrected chi connectivity index (χ3v) is 5.07. The van der Waals surface area contributed by atoms with E-state index < -0.39 is 5.91 Å². The zero-order valence-corrected chi connectivity index (χ0v) is 17.9. The molecule has 172 valence electrons. The number of hydrogen-bond acceptors (Lipinski definition) is 8. The van der Waals surface area contributed by atoms with Crippen LogP contribution in [0.15, 0.2) is 18.2 Å². The lowest BCUT2D eigenvalue weighted by molar-refractivity contribution is 0.00206. The minimum atomic E-state index is -0.395. The average Bonchev–Trinajstić information content (AvgIpc) is 3.06. The van der Waals surface area contributed by atoms with Crippen LogP contribution in [0.4, 0.5) is 0 Å². The summed E-state index contributed by atoms with van der Waals surface area (Å²) in [6.07, 6.45) is 1.77. The number of amides is 2. The predicted octanol–water partition coefficient (Wildman–Crippen LogP) is 1.11. The molecule has 31 heavy (non-hydrogen) atoms. The molecular formula is C22H32N2O7. The Hall–Kier alpha value is -2.04.